The maximum Gasteiger partial charge on any atom is 0.126 e. The molecular formula is C18H25NO4. The Hall–Kier alpha value is -2.40. The predicted octanol–water partition coefficient (Wildman–Crippen LogP) is 4.03. The van der Waals surface area contributed by atoms with Crippen LogP contribution in [0.5, 0.6) is 23.0 Å². The van der Waals surface area contributed by atoms with Gasteiger partial charge in [0.25, 0.3) is 0 Å². The Kier molecular flexibility index (Phi) is 6.72. The van der Waals surface area contributed by atoms with Crippen molar-refractivity contribution >= 4 is 0 Å². The second kappa shape index (κ2) is 8.29. The van der Waals surface area contributed by atoms with E-state index in [9.17, 15) is 0 Å². The minimum absolute atomic E-state index is 0. The number of methoxy groups -OCH3 is 4. The van der Waals surface area contributed by atoms with Gasteiger partial charge < -0.3 is 25.1 Å². The minimum Gasteiger partial charge on any atom is -0.497 e. The lowest BCUT2D eigenvalue weighted by Crippen LogP contribution is -2.02. The van der Waals surface area contributed by atoms with E-state index in [1.165, 1.54) is 0 Å². The molecule has 0 fully saturated rings. The van der Waals surface area contributed by atoms with Crippen molar-refractivity contribution < 1.29 is 18.9 Å². The van der Waals surface area contributed by atoms with Crippen LogP contribution in [0.25, 0.3) is 0 Å². The van der Waals surface area contributed by atoms with Crippen LogP contribution in [-0.2, 0) is 0 Å². The minimum atomic E-state index is 0. The summed E-state index contributed by atoms with van der Waals surface area (Å²) in [6, 6.07) is 11.7. The van der Waals surface area contributed by atoms with E-state index in [1.807, 2.05) is 36.4 Å². The Morgan fingerprint density at radius 2 is 1.04 bits per heavy atom. The highest BCUT2D eigenvalue weighted by molar-refractivity contribution is 5.51. The maximum absolute atomic E-state index is 5.50. The van der Waals surface area contributed by atoms with Crippen molar-refractivity contribution in [2.45, 2.75) is 12.8 Å². The quantitative estimate of drug-likeness (QED) is 0.870. The molecule has 2 aromatic carbocycles. The summed E-state index contributed by atoms with van der Waals surface area (Å²) in [4.78, 5) is 0. The lowest BCUT2D eigenvalue weighted by Gasteiger charge is -2.19. The first-order valence-corrected chi connectivity index (χ1v) is 7.08. The number of rotatable bonds is 6. The van der Waals surface area contributed by atoms with Crippen molar-refractivity contribution in [3.8, 4) is 23.0 Å². The molecule has 0 unspecified atom stereocenters. The monoisotopic (exact) mass is 319 g/mol. The van der Waals surface area contributed by atoms with Crippen LogP contribution < -0.4 is 25.1 Å². The van der Waals surface area contributed by atoms with Gasteiger partial charge in [0.1, 0.15) is 23.0 Å². The van der Waals surface area contributed by atoms with Crippen molar-refractivity contribution in [2.75, 3.05) is 28.4 Å². The molecule has 0 atom stereocenters. The Labute approximate surface area is 137 Å². The molecule has 2 rings (SSSR count). The van der Waals surface area contributed by atoms with Crippen LogP contribution in [0.3, 0.4) is 0 Å². The van der Waals surface area contributed by atoms with Crippen LogP contribution in [0.4, 0.5) is 0 Å². The number of hydrogen-bond donors (Lipinski definition) is 1. The van der Waals surface area contributed by atoms with Gasteiger partial charge in [-0.2, -0.15) is 0 Å². The summed E-state index contributed by atoms with van der Waals surface area (Å²) in [5.41, 5.74) is 2.15. The third kappa shape index (κ3) is 3.87. The van der Waals surface area contributed by atoms with Crippen LogP contribution in [0, 0.1) is 0 Å². The van der Waals surface area contributed by atoms with Crippen molar-refractivity contribution in [1.29, 1.82) is 0 Å². The maximum atomic E-state index is 5.50. The zero-order chi connectivity index (χ0) is 16.1. The molecule has 0 aliphatic rings. The van der Waals surface area contributed by atoms with Crippen molar-refractivity contribution in [3.63, 3.8) is 0 Å². The van der Waals surface area contributed by atoms with Gasteiger partial charge in [-0.15, -0.1) is 0 Å². The smallest absolute Gasteiger partial charge is 0.126 e. The molecule has 0 aromatic heterocycles. The summed E-state index contributed by atoms with van der Waals surface area (Å²) >= 11 is 0. The Balaban J connectivity index is 0.00000264. The van der Waals surface area contributed by atoms with Gasteiger partial charge in [-0.25, -0.2) is 0 Å². The van der Waals surface area contributed by atoms with Gasteiger partial charge in [-0.05, 0) is 12.1 Å². The predicted molar refractivity (Wildman–Crippen MR) is 91.6 cm³/mol. The van der Waals surface area contributed by atoms with Gasteiger partial charge in [0.15, 0.2) is 0 Å². The molecule has 0 spiro atoms. The van der Waals surface area contributed by atoms with E-state index in [0.29, 0.717) is 0 Å². The molecule has 2 aromatic rings. The Morgan fingerprint density at radius 3 is 1.35 bits per heavy atom. The van der Waals surface area contributed by atoms with Crippen molar-refractivity contribution in [2.24, 2.45) is 0 Å². The summed E-state index contributed by atoms with van der Waals surface area (Å²) in [7, 11) is 6.61. The highest BCUT2D eigenvalue weighted by Crippen LogP contribution is 2.38. The molecule has 0 aliphatic carbocycles. The first kappa shape index (κ1) is 18.6. The summed E-state index contributed by atoms with van der Waals surface area (Å²) in [5.74, 6) is 3.25. The fourth-order valence-corrected chi connectivity index (χ4v) is 2.52. The average molecular weight is 319 g/mol. The van der Waals surface area contributed by atoms with E-state index in [-0.39, 0.29) is 12.1 Å². The average Bonchev–Trinajstić information content (AvgIpc) is 2.59. The molecule has 0 saturated carbocycles. The third-order valence-corrected chi connectivity index (χ3v) is 3.81. The van der Waals surface area contributed by atoms with Crippen LogP contribution >= 0.6 is 0 Å². The summed E-state index contributed by atoms with van der Waals surface area (Å²) in [6.45, 7) is 2.12. The molecule has 0 radical (unpaired) electrons. The standard InChI is InChI=1S/C18H22O4.H3N/c1-12(15-8-6-13(19-2)10-17(15)21-4)16-9-7-14(20-3)11-18(16)22-5;/h6-12H,1-5H3;1H3. The SMILES string of the molecule is COc1ccc(C(C)c2ccc(OC)cc2OC)c(OC)c1.N. The second-order valence-electron chi connectivity index (χ2n) is 4.94. The Bertz CT molecular complexity index is 587. The van der Waals surface area contributed by atoms with E-state index in [2.05, 4.69) is 6.92 Å². The first-order valence-electron chi connectivity index (χ1n) is 7.08. The first-order chi connectivity index (χ1) is 10.6. The molecule has 23 heavy (non-hydrogen) atoms. The summed E-state index contributed by atoms with van der Waals surface area (Å²) in [6.07, 6.45) is 0. The fourth-order valence-electron chi connectivity index (χ4n) is 2.52. The van der Waals surface area contributed by atoms with Gasteiger partial charge in [0, 0.05) is 29.2 Å². The van der Waals surface area contributed by atoms with Crippen LogP contribution in [0.1, 0.15) is 24.0 Å². The van der Waals surface area contributed by atoms with E-state index < -0.39 is 0 Å². The third-order valence-electron chi connectivity index (χ3n) is 3.81. The molecule has 5 heteroatoms. The number of hydrogen-bond acceptors (Lipinski definition) is 5. The van der Waals surface area contributed by atoms with Crippen molar-refractivity contribution in [1.82, 2.24) is 6.15 Å². The lowest BCUT2D eigenvalue weighted by atomic mass is 9.91. The highest BCUT2D eigenvalue weighted by Gasteiger charge is 2.18. The highest BCUT2D eigenvalue weighted by atomic mass is 16.5. The lowest BCUT2D eigenvalue weighted by molar-refractivity contribution is 0.385. The zero-order valence-corrected chi connectivity index (χ0v) is 14.4. The molecule has 0 saturated heterocycles. The molecule has 0 amide bonds. The van der Waals surface area contributed by atoms with Crippen LogP contribution in [-0.4, -0.2) is 28.4 Å². The molecule has 126 valence electrons. The van der Waals surface area contributed by atoms with E-state index in [1.54, 1.807) is 28.4 Å². The van der Waals surface area contributed by atoms with E-state index >= 15 is 0 Å². The van der Waals surface area contributed by atoms with E-state index in [0.717, 1.165) is 34.1 Å². The van der Waals surface area contributed by atoms with Gasteiger partial charge in [0.05, 0.1) is 28.4 Å². The molecule has 0 heterocycles. The largest absolute Gasteiger partial charge is 0.497 e. The van der Waals surface area contributed by atoms with Crippen LogP contribution in [0.15, 0.2) is 36.4 Å². The topological polar surface area (TPSA) is 71.9 Å². The number of benzene rings is 2. The molecule has 5 nitrogen and oxygen atoms in total. The van der Waals surface area contributed by atoms with Crippen LogP contribution in [0.2, 0.25) is 0 Å². The van der Waals surface area contributed by atoms with Gasteiger partial charge in [-0.3, -0.25) is 0 Å². The van der Waals surface area contributed by atoms with Gasteiger partial charge >= 0.3 is 0 Å². The van der Waals surface area contributed by atoms with Gasteiger partial charge in [0.2, 0.25) is 0 Å². The van der Waals surface area contributed by atoms with Crippen molar-refractivity contribution in [3.05, 3.63) is 47.5 Å². The Morgan fingerprint density at radius 1 is 0.652 bits per heavy atom. The molecule has 0 aliphatic heterocycles. The second-order valence-corrected chi connectivity index (χ2v) is 4.94. The number of ether oxygens (including phenoxy) is 4. The normalized spacial score (nSPS) is 10.0. The molecule has 0 bridgehead atoms. The zero-order valence-electron chi connectivity index (χ0n) is 14.4. The molecular weight excluding hydrogens is 294 g/mol. The fraction of sp³-hybridized carbons (Fsp3) is 0.333. The summed E-state index contributed by atoms with van der Waals surface area (Å²) < 4.78 is 21.5. The van der Waals surface area contributed by atoms with Gasteiger partial charge in [-0.1, -0.05) is 19.1 Å². The summed E-state index contributed by atoms with van der Waals surface area (Å²) in [5, 5.41) is 0. The van der Waals surface area contributed by atoms with E-state index in [4.69, 9.17) is 18.9 Å². The molecule has 3 N–H and O–H groups in total.